The molecule has 3 heterocycles. The van der Waals surface area contributed by atoms with Crippen LogP contribution in [0.3, 0.4) is 0 Å². The van der Waals surface area contributed by atoms with Crippen molar-refractivity contribution in [1.82, 2.24) is 4.57 Å². The Kier molecular flexibility index (Phi) is 7.52. The van der Waals surface area contributed by atoms with E-state index in [1.54, 1.807) is 81.6 Å². The Morgan fingerprint density at radius 3 is 2.62 bits per heavy atom. The second-order valence-electron chi connectivity index (χ2n) is 8.82. The van der Waals surface area contributed by atoms with E-state index in [4.69, 9.17) is 18.6 Å². The van der Waals surface area contributed by atoms with Gasteiger partial charge in [0.15, 0.2) is 4.80 Å². The number of carbonyl (C=O) groups excluding carboxylic acids is 2. The zero-order chi connectivity index (χ0) is 28.4. The van der Waals surface area contributed by atoms with Crippen LogP contribution < -0.4 is 19.6 Å². The van der Waals surface area contributed by atoms with Crippen molar-refractivity contribution in [1.29, 1.82) is 0 Å². The second-order valence-corrected chi connectivity index (χ2v) is 9.83. The minimum Gasteiger partial charge on any atom is -0.497 e. The van der Waals surface area contributed by atoms with Crippen LogP contribution in [-0.2, 0) is 14.3 Å². The Morgan fingerprint density at radius 1 is 1.07 bits per heavy atom. The number of fused-ring (bicyclic) bond motifs is 1. The zero-order valence-corrected chi connectivity index (χ0v) is 23.1. The first-order chi connectivity index (χ1) is 19.4. The molecule has 1 aliphatic heterocycles. The lowest BCUT2D eigenvalue weighted by molar-refractivity contribution is -0.139. The number of thiazole rings is 1. The number of nitrogens with zero attached hydrogens (tertiary/aromatic N) is 2. The van der Waals surface area contributed by atoms with E-state index in [1.165, 1.54) is 23.0 Å². The van der Waals surface area contributed by atoms with Crippen LogP contribution in [0.1, 0.15) is 41.6 Å². The average molecular weight is 559 g/mol. The van der Waals surface area contributed by atoms with Crippen molar-refractivity contribution < 1.29 is 28.2 Å². The Labute approximate surface area is 233 Å². The van der Waals surface area contributed by atoms with E-state index >= 15 is 0 Å². The molecule has 9 nitrogen and oxygen atoms in total. The lowest BCUT2D eigenvalue weighted by atomic mass is 9.95. The molecule has 0 aliphatic carbocycles. The van der Waals surface area contributed by atoms with Gasteiger partial charge in [-0.1, -0.05) is 41.7 Å². The maximum Gasteiger partial charge on any atom is 0.338 e. The Bertz CT molecular complexity index is 1830. The van der Waals surface area contributed by atoms with Crippen LogP contribution in [0.15, 0.2) is 86.1 Å². The van der Waals surface area contributed by atoms with Crippen molar-refractivity contribution in [2.24, 2.45) is 4.99 Å². The van der Waals surface area contributed by atoms with Crippen molar-refractivity contribution in [2.45, 2.75) is 19.9 Å². The fourth-order valence-electron chi connectivity index (χ4n) is 4.61. The molecular weight excluding hydrogens is 532 g/mol. The molecule has 0 N–H and O–H groups in total. The van der Waals surface area contributed by atoms with Crippen LogP contribution in [0.2, 0.25) is 0 Å². The minimum absolute atomic E-state index is 0.185. The maximum atomic E-state index is 13.8. The summed E-state index contributed by atoms with van der Waals surface area (Å²) in [5, 5.41) is 0. The van der Waals surface area contributed by atoms with Gasteiger partial charge in [0.1, 0.15) is 17.3 Å². The Balaban J connectivity index is 1.63. The number of esters is 2. The topological polar surface area (TPSA) is 109 Å². The van der Waals surface area contributed by atoms with E-state index in [0.29, 0.717) is 49.0 Å². The third-order valence-electron chi connectivity index (χ3n) is 6.42. The molecule has 0 radical (unpaired) electrons. The highest BCUT2D eigenvalue weighted by molar-refractivity contribution is 7.07. The van der Waals surface area contributed by atoms with Crippen LogP contribution in [0.4, 0.5) is 0 Å². The van der Waals surface area contributed by atoms with Crippen LogP contribution in [-0.4, -0.2) is 37.3 Å². The highest BCUT2D eigenvalue weighted by atomic mass is 32.1. The number of carbonyl (C=O) groups is 2. The molecule has 10 heteroatoms. The summed E-state index contributed by atoms with van der Waals surface area (Å²) in [5.74, 6) is 0.444. The monoisotopic (exact) mass is 558 g/mol. The van der Waals surface area contributed by atoms with Gasteiger partial charge in [-0.3, -0.25) is 9.36 Å². The molecule has 204 valence electrons. The molecule has 0 saturated carbocycles. The summed E-state index contributed by atoms with van der Waals surface area (Å²) in [6.07, 6.45) is 1.63. The smallest absolute Gasteiger partial charge is 0.338 e. The van der Waals surface area contributed by atoms with Crippen molar-refractivity contribution in [3.63, 3.8) is 0 Å². The minimum atomic E-state index is -0.758. The quantitative estimate of drug-likeness (QED) is 0.317. The summed E-state index contributed by atoms with van der Waals surface area (Å²) in [6.45, 7) is 3.64. The first-order valence-electron chi connectivity index (χ1n) is 12.5. The maximum absolute atomic E-state index is 13.8. The molecule has 1 aliphatic rings. The SMILES string of the molecule is CCOC(=O)C1=C(C)N=c2sc(=Cc3ccc(-c4ccccc4C(=O)OC)o3)c(=O)n2[C@@H]1c1cccc(OC)c1. The largest absolute Gasteiger partial charge is 0.497 e. The van der Waals surface area contributed by atoms with Gasteiger partial charge in [0.2, 0.25) is 0 Å². The van der Waals surface area contributed by atoms with Crippen LogP contribution in [0.25, 0.3) is 17.4 Å². The standard InChI is InChI=1S/C30H26N2O7S/c1-5-38-29(35)25-17(2)31-30-32(26(25)18-9-8-10-19(15-18)36-3)27(33)24(40-30)16-20-13-14-23(39-20)21-11-6-7-12-22(21)28(34)37-4/h6-16,26H,5H2,1-4H3/t26-/m1/s1. The average Bonchev–Trinajstić information content (AvgIpc) is 3.56. The van der Waals surface area contributed by atoms with Crippen LogP contribution in [0.5, 0.6) is 5.75 Å². The van der Waals surface area contributed by atoms with Crippen molar-refractivity contribution >= 4 is 29.4 Å². The van der Waals surface area contributed by atoms with Crippen LogP contribution >= 0.6 is 11.3 Å². The molecule has 0 unspecified atom stereocenters. The number of benzene rings is 2. The fourth-order valence-corrected chi connectivity index (χ4v) is 5.64. The Morgan fingerprint density at radius 2 is 1.88 bits per heavy atom. The first kappa shape index (κ1) is 26.9. The molecule has 0 amide bonds. The molecule has 4 aromatic rings. The number of rotatable bonds is 7. The Hall–Kier alpha value is -4.70. The van der Waals surface area contributed by atoms with E-state index < -0.39 is 18.0 Å². The number of furan rings is 1. The summed E-state index contributed by atoms with van der Waals surface area (Å²) < 4.78 is 23.5. The highest BCUT2D eigenvalue weighted by Gasteiger charge is 2.33. The van der Waals surface area contributed by atoms with Gasteiger partial charge < -0.3 is 18.6 Å². The lowest BCUT2D eigenvalue weighted by Gasteiger charge is -2.24. The second kappa shape index (κ2) is 11.2. The van der Waals surface area contributed by atoms with Crippen molar-refractivity contribution in [3.05, 3.63) is 109 Å². The first-order valence-corrected chi connectivity index (χ1v) is 13.3. The number of methoxy groups -OCH3 is 2. The van der Waals surface area contributed by atoms with Gasteiger partial charge in [0, 0.05) is 11.6 Å². The molecule has 5 rings (SSSR count). The lowest BCUT2D eigenvalue weighted by Crippen LogP contribution is -2.39. The number of hydrogen-bond acceptors (Lipinski definition) is 9. The number of aromatic nitrogens is 1. The fraction of sp³-hybridized carbons (Fsp3) is 0.200. The van der Waals surface area contributed by atoms with E-state index in [-0.39, 0.29) is 17.7 Å². The predicted octanol–water partition coefficient (Wildman–Crippen LogP) is 3.85. The zero-order valence-electron chi connectivity index (χ0n) is 22.3. The summed E-state index contributed by atoms with van der Waals surface area (Å²) in [5.41, 5.74) is 2.05. The third kappa shape index (κ3) is 4.89. The third-order valence-corrected chi connectivity index (χ3v) is 7.41. The van der Waals surface area contributed by atoms with E-state index in [2.05, 4.69) is 4.99 Å². The van der Waals surface area contributed by atoms with Crippen LogP contribution in [0, 0.1) is 0 Å². The van der Waals surface area contributed by atoms with E-state index in [1.807, 2.05) is 6.07 Å². The number of allylic oxidation sites excluding steroid dienone is 1. The number of hydrogen-bond donors (Lipinski definition) is 0. The van der Waals surface area contributed by atoms with Gasteiger partial charge >= 0.3 is 11.9 Å². The molecule has 0 fully saturated rings. The van der Waals surface area contributed by atoms with Gasteiger partial charge in [-0.25, -0.2) is 14.6 Å². The van der Waals surface area contributed by atoms with E-state index in [0.717, 1.165) is 0 Å². The van der Waals surface area contributed by atoms with Gasteiger partial charge in [-0.05, 0) is 49.7 Å². The van der Waals surface area contributed by atoms with Crippen molar-refractivity contribution in [2.75, 3.05) is 20.8 Å². The molecule has 2 aromatic heterocycles. The summed E-state index contributed by atoms with van der Waals surface area (Å²) in [7, 11) is 2.87. The normalized spacial score (nSPS) is 14.9. The van der Waals surface area contributed by atoms with Gasteiger partial charge in [0.25, 0.3) is 5.56 Å². The highest BCUT2D eigenvalue weighted by Crippen LogP contribution is 2.32. The summed E-state index contributed by atoms with van der Waals surface area (Å²) in [4.78, 5) is 44.1. The van der Waals surface area contributed by atoms with Gasteiger partial charge in [0.05, 0.1) is 48.2 Å². The molecule has 2 aromatic carbocycles. The molecule has 0 bridgehead atoms. The molecule has 0 saturated heterocycles. The van der Waals surface area contributed by atoms with E-state index in [9.17, 15) is 14.4 Å². The van der Waals surface area contributed by atoms with Gasteiger partial charge in [-0.15, -0.1) is 0 Å². The molecule has 0 spiro atoms. The number of ether oxygens (including phenoxy) is 3. The summed E-state index contributed by atoms with van der Waals surface area (Å²) in [6, 6.07) is 16.9. The molecular formula is C30H26N2O7S. The summed E-state index contributed by atoms with van der Waals surface area (Å²) >= 11 is 1.19. The van der Waals surface area contributed by atoms with Gasteiger partial charge in [-0.2, -0.15) is 0 Å². The van der Waals surface area contributed by atoms with Crippen molar-refractivity contribution in [3.8, 4) is 17.1 Å². The molecule has 40 heavy (non-hydrogen) atoms. The molecule has 1 atom stereocenters. The predicted molar refractivity (Wildman–Crippen MR) is 149 cm³/mol.